The number of ketones is 1. The fraction of sp³-hybridized carbons (Fsp3) is 0.182. The van der Waals surface area contributed by atoms with E-state index in [-0.39, 0.29) is 17.6 Å². The molecule has 6 nitrogen and oxygen atoms in total. The maximum absolute atomic E-state index is 14.2. The van der Waals surface area contributed by atoms with Gasteiger partial charge in [0.05, 0.1) is 35.0 Å². The molecule has 4 aromatic rings. The van der Waals surface area contributed by atoms with Gasteiger partial charge < -0.3 is 10.1 Å². The molecule has 40 heavy (non-hydrogen) atoms. The third kappa shape index (κ3) is 4.62. The van der Waals surface area contributed by atoms with E-state index in [1.807, 2.05) is 47.8 Å². The highest BCUT2D eigenvalue weighted by molar-refractivity contribution is 7.12. The Morgan fingerprint density at radius 2 is 1.62 bits per heavy atom. The standard InChI is InChI=1S/C33H28N2O4S/c1-20-9-11-21(12-10-20)24-18-26-30(28(36)19-24)31(22-13-15-23(16-14-22)33(38)39-2)35(32(37)29-8-5-17-40-29)27-7-4-3-6-25(27)34-26/h3-17,24,31,34H,18-19H2,1-2H3/t24-,31+/m0/s1. The summed E-state index contributed by atoms with van der Waals surface area (Å²) in [6, 6.07) is 26.0. The second-order valence-corrected chi connectivity index (χ2v) is 11.1. The van der Waals surface area contributed by atoms with E-state index in [9.17, 15) is 14.4 Å². The number of ether oxygens (including phenoxy) is 1. The molecule has 0 saturated heterocycles. The lowest BCUT2D eigenvalue weighted by molar-refractivity contribution is -0.116. The van der Waals surface area contributed by atoms with Gasteiger partial charge in [-0.2, -0.15) is 0 Å². The second kappa shape index (κ2) is 10.6. The van der Waals surface area contributed by atoms with Crippen molar-refractivity contribution in [3.63, 3.8) is 0 Å². The number of rotatable bonds is 4. The van der Waals surface area contributed by atoms with Gasteiger partial charge in [-0.25, -0.2) is 4.79 Å². The summed E-state index contributed by atoms with van der Waals surface area (Å²) in [4.78, 5) is 42.8. The summed E-state index contributed by atoms with van der Waals surface area (Å²) >= 11 is 1.37. The molecule has 1 aromatic heterocycles. The lowest BCUT2D eigenvalue weighted by Crippen LogP contribution is -2.38. The van der Waals surface area contributed by atoms with Crippen LogP contribution in [0.25, 0.3) is 0 Å². The van der Waals surface area contributed by atoms with Crippen molar-refractivity contribution in [2.75, 3.05) is 17.3 Å². The highest BCUT2D eigenvalue weighted by Crippen LogP contribution is 2.48. The number of esters is 1. The molecular weight excluding hydrogens is 520 g/mol. The van der Waals surface area contributed by atoms with Crippen LogP contribution in [-0.4, -0.2) is 24.8 Å². The van der Waals surface area contributed by atoms with Crippen LogP contribution in [0, 0.1) is 6.92 Å². The Morgan fingerprint density at radius 3 is 2.33 bits per heavy atom. The second-order valence-electron chi connectivity index (χ2n) is 10.1. The molecule has 0 fully saturated rings. The number of thiophene rings is 1. The van der Waals surface area contributed by atoms with Crippen LogP contribution < -0.4 is 10.2 Å². The molecule has 7 heteroatoms. The van der Waals surface area contributed by atoms with Crippen molar-refractivity contribution in [2.45, 2.75) is 31.7 Å². The first kappa shape index (κ1) is 25.8. The van der Waals surface area contributed by atoms with Crippen LogP contribution >= 0.6 is 11.3 Å². The number of fused-ring (bicyclic) bond motifs is 1. The van der Waals surface area contributed by atoms with Gasteiger partial charge in [0.15, 0.2) is 5.78 Å². The number of allylic oxidation sites excluding steroid dienone is 1. The molecule has 2 atom stereocenters. The van der Waals surface area contributed by atoms with Crippen LogP contribution in [0.3, 0.4) is 0 Å². The Kier molecular flexibility index (Phi) is 6.82. The van der Waals surface area contributed by atoms with Gasteiger partial charge in [-0.05, 0) is 66.1 Å². The van der Waals surface area contributed by atoms with Gasteiger partial charge in [0.25, 0.3) is 5.91 Å². The number of aryl methyl sites for hydroxylation is 1. The van der Waals surface area contributed by atoms with Crippen LogP contribution in [0.4, 0.5) is 11.4 Å². The quantitative estimate of drug-likeness (QED) is 0.277. The fourth-order valence-electron chi connectivity index (χ4n) is 5.64. The fourth-order valence-corrected chi connectivity index (χ4v) is 6.30. The third-order valence-electron chi connectivity index (χ3n) is 7.64. The summed E-state index contributed by atoms with van der Waals surface area (Å²) in [6.07, 6.45) is 0.980. The van der Waals surface area contributed by atoms with Crippen LogP contribution in [0.1, 0.15) is 61.5 Å². The van der Waals surface area contributed by atoms with Crippen molar-refractivity contribution < 1.29 is 19.1 Å². The molecule has 0 spiro atoms. The molecule has 2 heterocycles. The first-order valence-corrected chi connectivity index (χ1v) is 14.1. The molecular formula is C33H28N2O4S. The van der Waals surface area contributed by atoms with Crippen molar-refractivity contribution in [3.05, 3.63) is 129 Å². The summed E-state index contributed by atoms with van der Waals surface area (Å²) in [5.74, 6) is -0.611. The van der Waals surface area contributed by atoms with Gasteiger partial charge in [0.1, 0.15) is 0 Å². The maximum Gasteiger partial charge on any atom is 0.337 e. The molecule has 1 aliphatic heterocycles. The predicted octanol–water partition coefficient (Wildman–Crippen LogP) is 7.06. The SMILES string of the molecule is COC(=O)c1ccc([C@@H]2C3=C(C[C@H](c4ccc(C)cc4)CC3=O)Nc3ccccc3N2C(=O)c2cccs2)cc1. The number of anilines is 2. The summed E-state index contributed by atoms with van der Waals surface area (Å²) in [7, 11) is 1.34. The molecule has 1 N–H and O–H groups in total. The number of nitrogens with zero attached hydrogens (tertiary/aromatic N) is 1. The zero-order chi connectivity index (χ0) is 27.8. The van der Waals surface area contributed by atoms with E-state index < -0.39 is 12.0 Å². The summed E-state index contributed by atoms with van der Waals surface area (Å²) < 4.78 is 4.88. The Bertz CT molecular complexity index is 1620. The first-order chi connectivity index (χ1) is 19.4. The smallest absolute Gasteiger partial charge is 0.337 e. The van der Waals surface area contributed by atoms with Crippen LogP contribution in [0.5, 0.6) is 0 Å². The van der Waals surface area contributed by atoms with Crippen LogP contribution in [0.15, 0.2) is 102 Å². The molecule has 3 aromatic carbocycles. The Hall–Kier alpha value is -4.49. The highest BCUT2D eigenvalue weighted by atomic mass is 32.1. The molecule has 1 amide bonds. The van der Waals surface area contributed by atoms with E-state index in [1.165, 1.54) is 24.0 Å². The lowest BCUT2D eigenvalue weighted by atomic mass is 9.78. The lowest BCUT2D eigenvalue weighted by Gasteiger charge is -2.35. The molecule has 0 saturated carbocycles. The molecule has 1 aliphatic carbocycles. The minimum Gasteiger partial charge on any atom is -0.465 e. The van der Waals surface area contributed by atoms with Crippen molar-refractivity contribution in [1.29, 1.82) is 0 Å². The normalized spacial score (nSPS) is 18.4. The molecule has 0 bridgehead atoms. The molecule has 0 unspecified atom stereocenters. The number of nitrogens with one attached hydrogen (secondary N) is 1. The number of hydrogen-bond donors (Lipinski definition) is 1. The zero-order valence-corrected chi connectivity index (χ0v) is 23.0. The number of para-hydroxylation sites is 2. The number of carbonyl (C=O) groups excluding carboxylic acids is 3. The van der Waals surface area contributed by atoms with E-state index in [0.29, 0.717) is 34.5 Å². The summed E-state index contributed by atoms with van der Waals surface area (Å²) in [5, 5.41) is 5.44. The predicted molar refractivity (Wildman–Crippen MR) is 157 cm³/mol. The molecule has 6 rings (SSSR count). The van der Waals surface area contributed by atoms with Gasteiger partial charge in [-0.3, -0.25) is 14.5 Å². The third-order valence-corrected chi connectivity index (χ3v) is 8.49. The van der Waals surface area contributed by atoms with Crippen LogP contribution in [-0.2, 0) is 9.53 Å². The topological polar surface area (TPSA) is 75.7 Å². The van der Waals surface area contributed by atoms with E-state index >= 15 is 0 Å². The van der Waals surface area contributed by atoms with Gasteiger partial charge in [0.2, 0.25) is 0 Å². The minimum absolute atomic E-state index is 0.00171. The Morgan fingerprint density at radius 1 is 0.900 bits per heavy atom. The average Bonchev–Trinajstić information content (AvgIpc) is 3.47. The molecule has 200 valence electrons. The number of benzene rings is 3. The Balaban J connectivity index is 1.54. The van der Waals surface area contributed by atoms with Crippen molar-refractivity contribution >= 4 is 40.4 Å². The van der Waals surface area contributed by atoms with Gasteiger partial charge in [0, 0.05) is 17.7 Å². The number of Topliss-reactive ketones (excluding diaryl/α,β-unsaturated/α-hetero) is 1. The molecule has 2 aliphatic rings. The monoisotopic (exact) mass is 548 g/mol. The first-order valence-electron chi connectivity index (χ1n) is 13.2. The summed E-state index contributed by atoms with van der Waals surface area (Å²) in [6.45, 7) is 2.05. The van der Waals surface area contributed by atoms with E-state index in [4.69, 9.17) is 4.74 Å². The number of hydrogen-bond acceptors (Lipinski definition) is 6. The largest absolute Gasteiger partial charge is 0.465 e. The van der Waals surface area contributed by atoms with Gasteiger partial charge in [-0.1, -0.05) is 60.2 Å². The Labute approximate surface area is 236 Å². The summed E-state index contributed by atoms with van der Waals surface area (Å²) in [5.41, 5.74) is 6.29. The van der Waals surface area contributed by atoms with Crippen LogP contribution in [0.2, 0.25) is 0 Å². The highest BCUT2D eigenvalue weighted by Gasteiger charge is 2.42. The van der Waals surface area contributed by atoms with Crippen molar-refractivity contribution in [2.24, 2.45) is 0 Å². The van der Waals surface area contributed by atoms with E-state index in [0.717, 1.165) is 22.5 Å². The van der Waals surface area contributed by atoms with E-state index in [1.54, 1.807) is 23.1 Å². The van der Waals surface area contributed by atoms with Crippen molar-refractivity contribution in [1.82, 2.24) is 0 Å². The average molecular weight is 549 g/mol. The van der Waals surface area contributed by atoms with E-state index in [2.05, 4.69) is 36.5 Å². The van der Waals surface area contributed by atoms with Gasteiger partial charge >= 0.3 is 5.97 Å². The zero-order valence-electron chi connectivity index (χ0n) is 22.2. The minimum atomic E-state index is -0.682. The van der Waals surface area contributed by atoms with Gasteiger partial charge in [-0.15, -0.1) is 11.3 Å². The van der Waals surface area contributed by atoms with Crippen molar-refractivity contribution in [3.8, 4) is 0 Å². The number of carbonyl (C=O) groups is 3. The number of methoxy groups -OCH3 is 1. The maximum atomic E-state index is 14.2. The number of amides is 1. The molecule has 0 radical (unpaired) electrons.